The van der Waals surface area contributed by atoms with Crippen molar-refractivity contribution in [2.45, 2.75) is 51.1 Å². The number of carboxylic acid groups (broad SMARTS) is 1. The van der Waals surface area contributed by atoms with Gasteiger partial charge in [0, 0.05) is 29.1 Å². The Morgan fingerprint density at radius 1 is 0.860 bits per heavy atom. The predicted octanol–water partition coefficient (Wildman–Crippen LogP) is 8.96. The fourth-order valence-corrected chi connectivity index (χ4v) is 5.59. The lowest BCUT2D eigenvalue weighted by molar-refractivity contribution is -0.143. The van der Waals surface area contributed by atoms with Gasteiger partial charge >= 0.3 is 30.6 Å². The molecular weight excluding hydrogens is 689 g/mol. The van der Waals surface area contributed by atoms with Crippen molar-refractivity contribution in [1.29, 1.82) is 0 Å². The first-order valence-corrected chi connectivity index (χ1v) is 14.4. The van der Waals surface area contributed by atoms with Gasteiger partial charge in [0.05, 0.1) is 36.4 Å². The van der Waals surface area contributed by atoms with Crippen LogP contribution < -0.4 is 4.74 Å². The van der Waals surface area contributed by atoms with Gasteiger partial charge < -0.3 is 14.6 Å². The summed E-state index contributed by atoms with van der Waals surface area (Å²) in [6.45, 7) is 2.25. The number of hydrogen-bond donors (Lipinski definition) is 1. The zero-order valence-electron chi connectivity index (χ0n) is 26.0. The maximum absolute atomic E-state index is 13.9. The summed E-state index contributed by atoms with van der Waals surface area (Å²) >= 11 is 0. The van der Waals surface area contributed by atoms with E-state index < -0.39 is 71.7 Å². The Balaban J connectivity index is 1.59. The Morgan fingerprint density at radius 3 is 2.04 bits per heavy atom. The lowest BCUT2D eigenvalue weighted by Gasteiger charge is -2.24. The Bertz CT molecular complexity index is 1940. The Morgan fingerprint density at radius 2 is 1.50 bits per heavy atom. The Hall–Kier alpha value is -5.35. The molecule has 1 N–H and O–H groups in total. The zero-order chi connectivity index (χ0) is 36.9. The highest BCUT2D eigenvalue weighted by Gasteiger charge is 2.44. The third kappa shape index (κ3) is 7.16. The molecule has 0 unspecified atom stereocenters. The van der Waals surface area contributed by atoms with Gasteiger partial charge in [-0.15, -0.1) is 0 Å². The van der Waals surface area contributed by atoms with Crippen LogP contribution >= 0.6 is 0 Å². The number of aromatic carboxylic acids is 1. The van der Waals surface area contributed by atoms with Gasteiger partial charge in [0.1, 0.15) is 11.8 Å². The van der Waals surface area contributed by atoms with Crippen LogP contribution in [-0.4, -0.2) is 45.2 Å². The van der Waals surface area contributed by atoms with Crippen molar-refractivity contribution >= 4 is 12.1 Å². The zero-order valence-corrected chi connectivity index (χ0v) is 26.0. The number of ether oxygens (including phenoxy) is 2. The van der Waals surface area contributed by atoms with Crippen molar-refractivity contribution in [3.8, 4) is 28.1 Å². The molecule has 0 saturated carbocycles. The smallest absolute Gasteiger partial charge is 0.433 e. The van der Waals surface area contributed by atoms with Gasteiger partial charge in [-0.05, 0) is 78.6 Å². The number of carboxylic acids is 1. The SMILES string of the molecule is COc1ncc(-c2ccc(C(=O)O)cc2C)cc1-c1cnc(C(F)(F)F)cc1CN1C(=O)O[C@H](c2cc(C(F)(F)F)cc(C(F)(F)F)c2)[C@@H]1C. The highest BCUT2D eigenvalue weighted by Crippen LogP contribution is 2.43. The normalized spacial score (nSPS) is 16.8. The molecule has 2 atom stereocenters. The molecule has 4 aromatic rings. The number of rotatable bonds is 7. The van der Waals surface area contributed by atoms with Gasteiger partial charge in [-0.1, -0.05) is 6.07 Å². The van der Waals surface area contributed by atoms with Crippen LogP contribution in [0.5, 0.6) is 5.88 Å². The predicted molar refractivity (Wildman–Crippen MR) is 157 cm³/mol. The van der Waals surface area contributed by atoms with E-state index in [1.165, 1.54) is 44.5 Å². The molecule has 3 heterocycles. The molecule has 0 radical (unpaired) electrons. The summed E-state index contributed by atoms with van der Waals surface area (Å²) in [5, 5.41) is 9.32. The number of aromatic nitrogens is 2. The molecule has 50 heavy (non-hydrogen) atoms. The Kier molecular flexibility index (Phi) is 9.23. The van der Waals surface area contributed by atoms with Crippen LogP contribution in [-0.2, 0) is 29.8 Å². The number of aryl methyl sites for hydroxylation is 1. The number of hydrogen-bond acceptors (Lipinski definition) is 6. The van der Waals surface area contributed by atoms with Crippen LogP contribution in [0.1, 0.15) is 56.9 Å². The summed E-state index contributed by atoms with van der Waals surface area (Å²) < 4.78 is 133. The summed E-state index contributed by atoms with van der Waals surface area (Å²) in [6.07, 6.45) is -15.9. The van der Waals surface area contributed by atoms with Crippen molar-refractivity contribution in [2.75, 3.05) is 7.11 Å². The molecule has 8 nitrogen and oxygen atoms in total. The molecule has 2 aromatic carbocycles. The second kappa shape index (κ2) is 12.8. The molecule has 17 heteroatoms. The number of halogens is 9. The minimum Gasteiger partial charge on any atom is -0.481 e. The number of cyclic esters (lactones) is 1. The first-order valence-electron chi connectivity index (χ1n) is 14.4. The second-order valence-electron chi connectivity index (χ2n) is 11.4. The van der Waals surface area contributed by atoms with Crippen LogP contribution in [0.4, 0.5) is 44.3 Å². The maximum atomic E-state index is 13.9. The number of methoxy groups -OCH3 is 1. The monoisotopic (exact) mass is 713 g/mol. The molecule has 1 fully saturated rings. The van der Waals surface area contributed by atoms with Gasteiger partial charge in [-0.3, -0.25) is 9.88 Å². The number of pyridine rings is 2. The van der Waals surface area contributed by atoms with Gasteiger partial charge in [-0.2, -0.15) is 39.5 Å². The summed E-state index contributed by atoms with van der Waals surface area (Å²) in [7, 11) is 1.24. The molecular formula is C33H24F9N3O5. The fourth-order valence-electron chi connectivity index (χ4n) is 5.59. The lowest BCUT2D eigenvalue weighted by atomic mass is 9.95. The molecule has 1 saturated heterocycles. The summed E-state index contributed by atoms with van der Waals surface area (Å²) in [5.74, 6) is -1.24. The van der Waals surface area contributed by atoms with Crippen molar-refractivity contribution in [3.63, 3.8) is 0 Å². The summed E-state index contributed by atoms with van der Waals surface area (Å²) in [6, 6.07) is 5.90. The molecule has 0 bridgehead atoms. The van der Waals surface area contributed by atoms with E-state index in [4.69, 9.17) is 9.47 Å². The number of carbonyl (C=O) groups excluding carboxylic acids is 1. The largest absolute Gasteiger partial charge is 0.481 e. The molecule has 2 aromatic heterocycles. The van der Waals surface area contributed by atoms with Crippen molar-refractivity contribution in [3.05, 3.63) is 100.0 Å². The van der Waals surface area contributed by atoms with Crippen molar-refractivity contribution < 1.29 is 63.7 Å². The van der Waals surface area contributed by atoms with Crippen LogP contribution in [0.15, 0.2) is 60.9 Å². The number of alkyl halides is 9. The van der Waals surface area contributed by atoms with E-state index in [1.807, 2.05) is 0 Å². The van der Waals surface area contributed by atoms with Crippen molar-refractivity contribution in [2.24, 2.45) is 0 Å². The number of benzene rings is 2. The molecule has 1 amide bonds. The maximum Gasteiger partial charge on any atom is 0.433 e. The molecule has 264 valence electrons. The Labute approximate surface area is 277 Å². The lowest BCUT2D eigenvalue weighted by Crippen LogP contribution is -2.32. The number of carbonyl (C=O) groups is 2. The van der Waals surface area contributed by atoms with E-state index in [0.717, 1.165) is 11.1 Å². The summed E-state index contributed by atoms with van der Waals surface area (Å²) in [5.41, 5.74) is -3.89. The third-order valence-corrected chi connectivity index (χ3v) is 8.07. The average molecular weight is 714 g/mol. The van der Waals surface area contributed by atoms with Crippen LogP contribution in [0.2, 0.25) is 0 Å². The van der Waals surface area contributed by atoms with E-state index in [0.29, 0.717) is 34.9 Å². The third-order valence-electron chi connectivity index (χ3n) is 8.07. The van der Waals surface area contributed by atoms with Gasteiger partial charge in [0.15, 0.2) is 0 Å². The van der Waals surface area contributed by atoms with Crippen LogP contribution in [0.25, 0.3) is 22.3 Å². The number of nitrogens with zero attached hydrogens (tertiary/aromatic N) is 3. The standard InChI is InChI=1S/C33H24F9N3O5/c1-15-6-17(29(46)47)4-5-23(15)19-9-24(28(49-3)44-12-19)25-13-43-26(33(40,41)42)10-20(25)14-45-16(2)27(50-30(45)48)18-7-21(31(34,35)36)11-22(8-18)32(37,38)39/h4-13,16,27H,14H2,1-3H3,(H,46,47)/t16-,27-/m0/s1. The van der Waals surface area contributed by atoms with E-state index in [-0.39, 0.29) is 34.2 Å². The molecule has 0 aliphatic carbocycles. The topological polar surface area (TPSA) is 102 Å². The highest BCUT2D eigenvalue weighted by atomic mass is 19.4. The molecule has 1 aliphatic heterocycles. The minimum absolute atomic E-state index is 0.00635. The highest BCUT2D eigenvalue weighted by molar-refractivity contribution is 5.89. The van der Waals surface area contributed by atoms with Crippen LogP contribution in [0.3, 0.4) is 0 Å². The van der Waals surface area contributed by atoms with Crippen molar-refractivity contribution in [1.82, 2.24) is 14.9 Å². The first-order chi connectivity index (χ1) is 23.2. The van der Waals surface area contributed by atoms with Gasteiger partial charge in [0.2, 0.25) is 5.88 Å². The van der Waals surface area contributed by atoms with E-state index in [1.54, 1.807) is 6.92 Å². The molecule has 1 aliphatic rings. The van der Waals surface area contributed by atoms with Gasteiger partial charge in [0.25, 0.3) is 0 Å². The second-order valence-corrected chi connectivity index (χ2v) is 11.4. The molecule has 5 rings (SSSR count). The summed E-state index contributed by atoms with van der Waals surface area (Å²) in [4.78, 5) is 33.2. The average Bonchev–Trinajstić information content (AvgIpc) is 3.31. The fraction of sp³-hybridized carbons (Fsp3) is 0.273. The quantitative estimate of drug-likeness (QED) is 0.191. The van der Waals surface area contributed by atoms with Gasteiger partial charge in [-0.25, -0.2) is 14.6 Å². The first kappa shape index (κ1) is 35.9. The van der Waals surface area contributed by atoms with E-state index >= 15 is 0 Å². The minimum atomic E-state index is -5.18. The molecule has 0 spiro atoms. The van der Waals surface area contributed by atoms with E-state index in [9.17, 15) is 54.2 Å². The van der Waals surface area contributed by atoms with Crippen LogP contribution in [0, 0.1) is 6.92 Å². The van der Waals surface area contributed by atoms with E-state index in [2.05, 4.69) is 9.97 Å². The number of amides is 1.